The fraction of sp³-hybridized carbons (Fsp3) is 0.174. The third kappa shape index (κ3) is 4.88. The summed E-state index contributed by atoms with van der Waals surface area (Å²) >= 11 is 0. The number of carbonyl (C=O) groups is 2. The summed E-state index contributed by atoms with van der Waals surface area (Å²) in [6, 6.07) is 12.8. The molecule has 2 amide bonds. The van der Waals surface area contributed by atoms with Crippen LogP contribution >= 0.6 is 0 Å². The van der Waals surface area contributed by atoms with Crippen LogP contribution < -0.4 is 15.0 Å². The first-order chi connectivity index (χ1) is 15.3. The third-order valence-electron chi connectivity index (χ3n) is 4.87. The van der Waals surface area contributed by atoms with Gasteiger partial charge in [0.25, 0.3) is 5.91 Å². The minimum Gasteiger partial charge on any atom is -0.457 e. The molecule has 0 radical (unpaired) electrons. The van der Waals surface area contributed by atoms with Crippen molar-refractivity contribution in [1.29, 1.82) is 0 Å². The van der Waals surface area contributed by atoms with Crippen molar-refractivity contribution in [3.05, 3.63) is 78.1 Å². The number of nitrogens with one attached hydrogen (secondary N) is 1. The van der Waals surface area contributed by atoms with Crippen molar-refractivity contribution >= 4 is 23.2 Å². The third-order valence-corrected chi connectivity index (χ3v) is 4.87. The van der Waals surface area contributed by atoms with Crippen molar-refractivity contribution in [3.63, 3.8) is 0 Å². The Balaban J connectivity index is 1.59. The molecule has 0 unspecified atom stereocenters. The highest BCUT2D eigenvalue weighted by Gasteiger charge is 2.33. The number of hydrogen-bond acceptors (Lipinski definition) is 4. The summed E-state index contributed by atoms with van der Waals surface area (Å²) in [5.41, 5.74) is -0.787. The van der Waals surface area contributed by atoms with E-state index in [4.69, 9.17) is 4.74 Å². The molecule has 1 saturated heterocycles. The summed E-state index contributed by atoms with van der Waals surface area (Å²) in [5, 5.41) is 2.59. The normalized spacial score (nSPS) is 13.8. The lowest BCUT2D eigenvalue weighted by Gasteiger charge is -2.19. The van der Waals surface area contributed by atoms with Gasteiger partial charge >= 0.3 is 6.18 Å². The van der Waals surface area contributed by atoms with E-state index >= 15 is 0 Å². The molecule has 4 rings (SSSR count). The minimum atomic E-state index is -4.66. The van der Waals surface area contributed by atoms with Crippen molar-refractivity contribution in [2.24, 2.45) is 0 Å². The smallest absolute Gasteiger partial charge is 0.416 e. The Hall–Kier alpha value is -3.88. The molecule has 1 aliphatic heterocycles. The van der Waals surface area contributed by atoms with E-state index in [1.165, 1.54) is 11.0 Å². The highest BCUT2D eigenvalue weighted by molar-refractivity contribution is 6.06. The summed E-state index contributed by atoms with van der Waals surface area (Å²) < 4.78 is 46.0. The van der Waals surface area contributed by atoms with Crippen molar-refractivity contribution in [2.75, 3.05) is 16.8 Å². The zero-order valence-electron chi connectivity index (χ0n) is 16.7. The summed E-state index contributed by atoms with van der Waals surface area (Å²) in [5.74, 6) is -0.0237. The van der Waals surface area contributed by atoms with E-state index in [1.807, 2.05) is 0 Å². The molecule has 1 aromatic heterocycles. The van der Waals surface area contributed by atoms with Crippen LogP contribution in [0.3, 0.4) is 0 Å². The molecule has 0 spiro atoms. The van der Waals surface area contributed by atoms with Gasteiger partial charge in [0.15, 0.2) is 0 Å². The lowest BCUT2D eigenvalue weighted by Crippen LogP contribution is -2.25. The van der Waals surface area contributed by atoms with Gasteiger partial charge in [-0.1, -0.05) is 6.07 Å². The molecule has 2 heterocycles. The van der Waals surface area contributed by atoms with Crippen LogP contribution in [-0.2, 0) is 11.0 Å². The molecule has 9 heteroatoms. The van der Waals surface area contributed by atoms with Crippen LogP contribution in [0.2, 0.25) is 0 Å². The second-order valence-electron chi connectivity index (χ2n) is 7.18. The average Bonchev–Trinajstić information content (AvgIpc) is 3.20. The van der Waals surface area contributed by atoms with Crippen LogP contribution in [-0.4, -0.2) is 23.3 Å². The number of carbonyl (C=O) groups excluding carboxylic acids is 2. The Morgan fingerprint density at radius 2 is 1.81 bits per heavy atom. The van der Waals surface area contributed by atoms with E-state index in [2.05, 4.69) is 10.3 Å². The van der Waals surface area contributed by atoms with Crippen LogP contribution in [0.1, 0.15) is 28.8 Å². The van der Waals surface area contributed by atoms with Crippen molar-refractivity contribution < 1.29 is 27.5 Å². The molecular formula is C23H18F3N3O3. The number of rotatable bonds is 5. The SMILES string of the molecule is O=C(Nc1cccc(Oc2ccncc2)c1)c1cc(N2CCCC2=O)cc(C(F)(F)F)c1. The van der Waals surface area contributed by atoms with E-state index in [1.54, 1.807) is 48.8 Å². The predicted octanol–water partition coefficient (Wildman–Crippen LogP) is 5.27. The average molecular weight is 441 g/mol. The van der Waals surface area contributed by atoms with Gasteiger partial charge in [-0.15, -0.1) is 0 Å². The van der Waals surface area contributed by atoms with Crippen LogP contribution in [0.4, 0.5) is 24.5 Å². The molecule has 164 valence electrons. The highest BCUT2D eigenvalue weighted by atomic mass is 19.4. The van der Waals surface area contributed by atoms with Gasteiger partial charge in [0.2, 0.25) is 5.91 Å². The lowest BCUT2D eigenvalue weighted by atomic mass is 10.1. The second-order valence-corrected chi connectivity index (χ2v) is 7.18. The van der Waals surface area contributed by atoms with Gasteiger partial charge in [-0.2, -0.15) is 13.2 Å². The maximum absolute atomic E-state index is 13.4. The van der Waals surface area contributed by atoms with Crippen molar-refractivity contribution in [3.8, 4) is 11.5 Å². The Bertz CT molecular complexity index is 1150. The number of nitrogens with zero attached hydrogens (tertiary/aromatic N) is 2. The molecule has 1 N–H and O–H groups in total. The molecule has 0 aliphatic carbocycles. The Labute approximate surface area is 181 Å². The molecule has 32 heavy (non-hydrogen) atoms. The number of ether oxygens (including phenoxy) is 1. The first-order valence-electron chi connectivity index (χ1n) is 9.81. The van der Waals surface area contributed by atoms with E-state index in [9.17, 15) is 22.8 Å². The maximum atomic E-state index is 13.4. The Morgan fingerprint density at radius 1 is 1.03 bits per heavy atom. The highest BCUT2D eigenvalue weighted by Crippen LogP contribution is 2.34. The van der Waals surface area contributed by atoms with Gasteiger partial charge in [0, 0.05) is 48.4 Å². The van der Waals surface area contributed by atoms with Gasteiger partial charge in [0.05, 0.1) is 5.56 Å². The number of anilines is 2. The maximum Gasteiger partial charge on any atom is 0.416 e. The van der Waals surface area contributed by atoms with Gasteiger partial charge in [0.1, 0.15) is 11.5 Å². The number of aromatic nitrogens is 1. The summed E-state index contributed by atoms with van der Waals surface area (Å²) in [7, 11) is 0. The molecule has 0 atom stereocenters. The minimum absolute atomic E-state index is 0.0576. The van der Waals surface area contributed by atoms with Gasteiger partial charge in [-0.25, -0.2) is 0 Å². The summed E-state index contributed by atoms with van der Waals surface area (Å²) in [4.78, 5) is 30.0. The van der Waals surface area contributed by atoms with Crippen LogP contribution in [0.25, 0.3) is 0 Å². The number of pyridine rings is 1. The molecule has 6 nitrogen and oxygen atoms in total. The van der Waals surface area contributed by atoms with Crippen molar-refractivity contribution in [2.45, 2.75) is 19.0 Å². The van der Waals surface area contributed by atoms with Gasteiger partial charge in [-0.05, 0) is 48.9 Å². The van der Waals surface area contributed by atoms with Crippen LogP contribution in [0.15, 0.2) is 67.0 Å². The van der Waals surface area contributed by atoms with E-state index < -0.39 is 17.6 Å². The number of halogens is 3. The molecule has 3 aromatic rings. The first-order valence-corrected chi connectivity index (χ1v) is 9.81. The Kier molecular flexibility index (Phi) is 5.81. The predicted molar refractivity (Wildman–Crippen MR) is 112 cm³/mol. The van der Waals surface area contributed by atoms with E-state index in [-0.39, 0.29) is 23.6 Å². The van der Waals surface area contributed by atoms with Gasteiger partial charge < -0.3 is 15.0 Å². The molecule has 0 bridgehead atoms. The van der Waals surface area contributed by atoms with E-state index in [0.29, 0.717) is 30.2 Å². The zero-order valence-corrected chi connectivity index (χ0v) is 16.7. The fourth-order valence-corrected chi connectivity index (χ4v) is 3.37. The number of hydrogen-bond donors (Lipinski definition) is 1. The molecule has 1 aliphatic rings. The van der Waals surface area contributed by atoms with Crippen LogP contribution in [0, 0.1) is 0 Å². The van der Waals surface area contributed by atoms with Crippen molar-refractivity contribution in [1.82, 2.24) is 4.98 Å². The summed E-state index contributed by atoms with van der Waals surface area (Å²) in [6.45, 7) is 0.315. The molecule has 0 saturated carbocycles. The largest absolute Gasteiger partial charge is 0.457 e. The first kappa shape index (κ1) is 21.4. The molecule has 1 fully saturated rings. The van der Waals surface area contributed by atoms with Crippen LogP contribution in [0.5, 0.6) is 11.5 Å². The summed E-state index contributed by atoms with van der Waals surface area (Å²) in [6.07, 6.45) is -0.705. The lowest BCUT2D eigenvalue weighted by molar-refractivity contribution is -0.137. The topological polar surface area (TPSA) is 71.5 Å². The fourth-order valence-electron chi connectivity index (χ4n) is 3.37. The monoisotopic (exact) mass is 441 g/mol. The second kappa shape index (κ2) is 8.70. The van der Waals surface area contributed by atoms with Gasteiger partial charge in [-0.3, -0.25) is 14.6 Å². The molecular weight excluding hydrogens is 423 g/mol. The number of alkyl halides is 3. The zero-order chi connectivity index (χ0) is 22.7. The number of amides is 2. The van der Waals surface area contributed by atoms with E-state index in [0.717, 1.165) is 12.1 Å². The standard InChI is InChI=1S/C23H18F3N3O3/c24-23(25,26)16-11-15(12-18(13-16)29-10-2-5-21(29)30)22(31)28-17-3-1-4-20(14-17)32-19-6-8-27-9-7-19/h1,3-4,6-9,11-14H,2,5,10H2,(H,28,31). The quantitative estimate of drug-likeness (QED) is 0.586. The number of benzene rings is 2. The Morgan fingerprint density at radius 3 is 2.50 bits per heavy atom. The molecule has 2 aromatic carbocycles.